The van der Waals surface area contributed by atoms with Gasteiger partial charge in [0.05, 0.1) is 6.61 Å². The summed E-state index contributed by atoms with van der Waals surface area (Å²) in [5, 5.41) is 4.94. The Morgan fingerprint density at radius 1 is 1.29 bits per heavy atom. The van der Waals surface area contributed by atoms with E-state index in [4.69, 9.17) is 32.7 Å². The molecule has 0 bridgehead atoms. The highest BCUT2D eigenvalue weighted by Gasteiger charge is 2.33. The van der Waals surface area contributed by atoms with Crippen LogP contribution in [-0.4, -0.2) is 40.0 Å². The number of rotatable bonds is 7. The Hall–Kier alpha value is -0.320. The molecule has 1 aromatic carbocycles. The van der Waals surface area contributed by atoms with Crippen LogP contribution < -0.4 is 5.32 Å². The van der Waals surface area contributed by atoms with Gasteiger partial charge in [0.25, 0.3) is 0 Å². The molecule has 1 aliphatic rings. The molecule has 5 heteroatoms. The molecule has 1 N–H and O–H groups in total. The molecule has 1 fully saturated rings. The zero-order valence-corrected chi connectivity index (χ0v) is 14.0. The summed E-state index contributed by atoms with van der Waals surface area (Å²) in [6.45, 7) is 4.19. The van der Waals surface area contributed by atoms with E-state index in [1.807, 2.05) is 18.2 Å². The van der Waals surface area contributed by atoms with E-state index in [1.54, 1.807) is 7.11 Å². The normalized spacial score (nSPS) is 17.9. The van der Waals surface area contributed by atoms with E-state index < -0.39 is 0 Å². The van der Waals surface area contributed by atoms with E-state index in [0.717, 1.165) is 62.8 Å². The van der Waals surface area contributed by atoms with Gasteiger partial charge in [-0.25, -0.2) is 0 Å². The van der Waals surface area contributed by atoms with Crippen molar-refractivity contribution in [3.05, 3.63) is 33.8 Å². The fourth-order valence-corrected chi connectivity index (χ4v) is 3.29. The van der Waals surface area contributed by atoms with Crippen molar-refractivity contribution in [3.8, 4) is 0 Å². The van der Waals surface area contributed by atoms with Crippen molar-refractivity contribution in [1.82, 2.24) is 5.32 Å². The van der Waals surface area contributed by atoms with Crippen LogP contribution in [0.15, 0.2) is 18.2 Å². The van der Waals surface area contributed by atoms with Gasteiger partial charge in [0.2, 0.25) is 0 Å². The van der Waals surface area contributed by atoms with Crippen LogP contribution in [0.1, 0.15) is 18.4 Å². The Kier molecular flexibility index (Phi) is 6.77. The number of hydrogen-bond acceptors (Lipinski definition) is 3. The minimum absolute atomic E-state index is 0.198. The molecule has 1 heterocycles. The molecule has 0 saturated carbocycles. The van der Waals surface area contributed by atoms with E-state index >= 15 is 0 Å². The highest BCUT2D eigenvalue weighted by molar-refractivity contribution is 6.35. The molecule has 118 valence electrons. The number of nitrogens with one attached hydrogen (secondary N) is 1. The molecule has 0 unspecified atom stereocenters. The van der Waals surface area contributed by atoms with Crippen LogP contribution in [-0.2, 0) is 15.9 Å². The van der Waals surface area contributed by atoms with Crippen molar-refractivity contribution in [1.29, 1.82) is 0 Å². The number of methoxy groups -OCH3 is 1. The van der Waals surface area contributed by atoms with Crippen molar-refractivity contribution in [3.63, 3.8) is 0 Å². The third kappa shape index (κ3) is 5.11. The molecule has 0 atom stereocenters. The molecule has 1 aliphatic heterocycles. The van der Waals surface area contributed by atoms with Crippen LogP contribution in [0.3, 0.4) is 0 Å². The topological polar surface area (TPSA) is 30.5 Å². The number of halogens is 2. The second-order valence-electron chi connectivity index (χ2n) is 5.69. The first-order valence-corrected chi connectivity index (χ1v) is 8.12. The second kappa shape index (κ2) is 8.35. The van der Waals surface area contributed by atoms with Crippen molar-refractivity contribution < 1.29 is 9.47 Å². The van der Waals surface area contributed by atoms with Gasteiger partial charge in [-0.2, -0.15) is 0 Å². The highest BCUT2D eigenvalue weighted by Crippen LogP contribution is 2.36. The van der Waals surface area contributed by atoms with Crippen molar-refractivity contribution in [2.75, 3.05) is 40.0 Å². The number of ether oxygens (including phenoxy) is 2. The Bertz CT molecular complexity index is 448. The first kappa shape index (κ1) is 17.0. The van der Waals surface area contributed by atoms with Crippen LogP contribution in [0.25, 0.3) is 0 Å². The van der Waals surface area contributed by atoms with Gasteiger partial charge in [-0.15, -0.1) is 0 Å². The lowest BCUT2D eigenvalue weighted by Crippen LogP contribution is -2.41. The van der Waals surface area contributed by atoms with Gasteiger partial charge in [0, 0.05) is 43.5 Å². The standard InChI is InChI=1S/C16H23Cl2NO2/c1-20-9-6-19-12-16(4-7-21-8-5-16)11-13-2-3-14(17)10-15(13)18/h2-3,10,19H,4-9,11-12H2,1H3. The molecule has 1 saturated heterocycles. The van der Waals surface area contributed by atoms with Crippen LogP contribution in [0.5, 0.6) is 0 Å². The summed E-state index contributed by atoms with van der Waals surface area (Å²) < 4.78 is 10.6. The van der Waals surface area contributed by atoms with Gasteiger partial charge in [-0.05, 0) is 42.4 Å². The van der Waals surface area contributed by atoms with Gasteiger partial charge in [0.15, 0.2) is 0 Å². The molecule has 0 aliphatic carbocycles. The lowest BCUT2D eigenvalue weighted by atomic mass is 9.75. The molecular formula is C16H23Cl2NO2. The maximum absolute atomic E-state index is 6.34. The van der Waals surface area contributed by atoms with Crippen LogP contribution in [0.2, 0.25) is 10.0 Å². The zero-order valence-electron chi connectivity index (χ0n) is 12.5. The average Bonchev–Trinajstić information content (AvgIpc) is 2.48. The van der Waals surface area contributed by atoms with Gasteiger partial charge >= 0.3 is 0 Å². The number of hydrogen-bond donors (Lipinski definition) is 1. The Morgan fingerprint density at radius 2 is 2.05 bits per heavy atom. The molecule has 2 rings (SSSR count). The summed E-state index contributed by atoms with van der Waals surface area (Å²) in [6, 6.07) is 5.77. The van der Waals surface area contributed by atoms with Crippen LogP contribution >= 0.6 is 23.2 Å². The third-order valence-corrected chi connectivity index (χ3v) is 4.70. The fourth-order valence-electron chi connectivity index (χ4n) is 2.82. The minimum Gasteiger partial charge on any atom is -0.383 e. The summed E-state index contributed by atoms with van der Waals surface area (Å²) in [7, 11) is 1.72. The molecule has 3 nitrogen and oxygen atoms in total. The van der Waals surface area contributed by atoms with Crippen LogP contribution in [0.4, 0.5) is 0 Å². The molecule has 21 heavy (non-hydrogen) atoms. The maximum atomic E-state index is 6.34. The summed E-state index contributed by atoms with van der Waals surface area (Å²) in [5.41, 5.74) is 1.36. The fraction of sp³-hybridized carbons (Fsp3) is 0.625. The summed E-state index contributed by atoms with van der Waals surface area (Å²) >= 11 is 12.3. The predicted molar refractivity (Wildman–Crippen MR) is 87.4 cm³/mol. The Balaban J connectivity index is 2.04. The minimum atomic E-state index is 0.198. The Labute approximate surface area is 136 Å². The van der Waals surface area contributed by atoms with E-state index in [1.165, 1.54) is 0 Å². The summed E-state index contributed by atoms with van der Waals surface area (Å²) in [6.07, 6.45) is 3.05. The Morgan fingerprint density at radius 3 is 2.71 bits per heavy atom. The second-order valence-corrected chi connectivity index (χ2v) is 6.54. The zero-order chi connectivity index (χ0) is 15.1. The van der Waals surface area contributed by atoms with E-state index in [-0.39, 0.29) is 5.41 Å². The molecule has 0 radical (unpaired) electrons. The maximum Gasteiger partial charge on any atom is 0.0587 e. The average molecular weight is 332 g/mol. The largest absolute Gasteiger partial charge is 0.383 e. The third-order valence-electron chi connectivity index (χ3n) is 4.12. The van der Waals surface area contributed by atoms with Crippen LogP contribution in [0, 0.1) is 5.41 Å². The van der Waals surface area contributed by atoms with Gasteiger partial charge in [-0.1, -0.05) is 29.3 Å². The van der Waals surface area contributed by atoms with Crippen molar-refractivity contribution in [2.45, 2.75) is 19.3 Å². The van der Waals surface area contributed by atoms with E-state index in [0.29, 0.717) is 5.02 Å². The lowest BCUT2D eigenvalue weighted by molar-refractivity contribution is 0.0143. The SMILES string of the molecule is COCCNCC1(Cc2ccc(Cl)cc2Cl)CCOCC1. The molecule has 1 aromatic rings. The summed E-state index contributed by atoms with van der Waals surface area (Å²) in [4.78, 5) is 0. The molecular weight excluding hydrogens is 309 g/mol. The highest BCUT2D eigenvalue weighted by atomic mass is 35.5. The first-order chi connectivity index (χ1) is 10.2. The van der Waals surface area contributed by atoms with Gasteiger partial charge in [-0.3, -0.25) is 0 Å². The lowest BCUT2D eigenvalue weighted by Gasteiger charge is -2.38. The number of benzene rings is 1. The quantitative estimate of drug-likeness (QED) is 0.775. The van der Waals surface area contributed by atoms with E-state index in [2.05, 4.69) is 5.32 Å². The van der Waals surface area contributed by atoms with Crippen molar-refractivity contribution in [2.24, 2.45) is 5.41 Å². The predicted octanol–water partition coefficient (Wildman–Crippen LogP) is 3.57. The van der Waals surface area contributed by atoms with Gasteiger partial charge < -0.3 is 14.8 Å². The molecule has 0 spiro atoms. The van der Waals surface area contributed by atoms with E-state index in [9.17, 15) is 0 Å². The van der Waals surface area contributed by atoms with Gasteiger partial charge in [0.1, 0.15) is 0 Å². The molecule has 0 amide bonds. The first-order valence-electron chi connectivity index (χ1n) is 7.37. The smallest absolute Gasteiger partial charge is 0.0587 e. The monoisotopic (exact) mass is 331 g/mol. The molecule has 0 aromatic heterocycles. The summed E-state index contributed by atoms with van der Waals surface area (Å²) in [5.74, 6) is 0. The van der Waals surface area contributed by atoms with Crippen molar-refractivity contribution >= 4 is 23.2 Å².